The normalized spacial score (nSPS) is 11.0. The van der Waals surface area contributed by atoms with Crippen molar-refractivity contribution in [2.45, 2.75) is 6.54 Å². The Kier molecular flexibility index (Phi) is 3.57. The maximum Gasteiger partial charge on any atom is 0.274 e. The van der Waals surface area contributed by atoms with E-state index in [4.69, 9.17) is 23.2 Å². The molecule has 6 heteroatoms. The number of hydrogen-bond acceptors (Lipinski definition) is 2. The monoisotopic (exact) mass is 320 g/mol. The molecule has 0 fully saturated rings. The van der Waals surface area contributed by atoms with Gasteiger partial charge in [0.2, 0.25) is 0 Å². The number of benzene rings is 2. The van der Waals surface area contributed by atoms with Gasteiger partial charge in [-0.05, 0) is 36.4 Å². The molecule has 0 saturated carbocycles. The van der Waals surface area contributed by atoms with Gasteiger partial charge in [-0.3, -0.25) is 10.1 Å². The third-order valence-electron chi connectivity index (χ3n) is 3.31. The molecule has 3 rings (SSSR count). The third-order valence-corrected chi connectivity index (χ3v) is 3.78. The van der Waals surface area contributed by atoms with Crippen molar-refractivity contribution in [2.75, 3.05) is 0 Å². The van der Waals surface area contributed by atoms with Crippen LogP contribution in [0.1, 0.15) is 5.56 Å². The average molecular weight is 321 g/mol. The Morgan fingerprint density at radius 1 is 1.05 bits per heavy atom. The van der Waals surface area contributed by atoms with Gasteiger partial charge in [0.15, 0.2) is 0 Å². The number of hydrogen-bond donors (Lipinski definition) is 0. The summed E-state index contributed by atoms with van der Waals surface area (Å²) in [6.07, 6.45) is 1.88. The molecule has 4 nitrogen and oxygen atoms in total. The molecule has 106 valence electrons. The van der Waals surface area contributed by atoms with Crippen LogP contribution in [-0.2, 0) is 6.54 Å². The molecule has 0 N–H and O–H groups in total. The van der Waals surface area contributed by atoms with Crippen LogP contribution in [0.3, 0.4) is 0 Å². The average Bonchev–Trinajstić information content (AvgIpc) is 2.81. The highest BCUT2D eigenvalue weighted by Gasteiger charge is 2.15. The molecular formula is C15H10Cl2N2O2. The zero-order chi connectivity index (χ0) is 15.0. The van der Waals surface area contributed by atoms with Crippen LogP contribution in [0.15, 0.2) is 48.7 Å². The summed E-state index contributed by atoms with van der Waals surface area (Å²) in [5.74, 6) is 0. The van der Waals surface area contributed by atoms with Gasteiger partial charge < -0.3 is 4.57 Å². The fourth-order valence-corrected chi connectivity index (χ4v) is 2.73. The van der Waals surface area contributed by atoms with Gasteiger partial charge in [0.05, 0.1) is 17.0 Å². The van der Waals surface area contributed by atoms with Gasteiger partial charge in [-0.2, -0.15) is 0 Å². The Morgan fingerprint density at radius 2 is 1.76 bits per heavy atom. The second-order valence-electron chi connectivity index (χ2n) is 4.68. The van der Waals surface area contributed by atoms with Crippen molar-refractivity contribution >= 4 is 39.8 Å². The minimum absolute atomic E-state index is 0.0650. The van der Waals surface area contributed by atoms with Crippen molar-refractivity contribution in [3.05, 3.63) is 74.4 Å². The van der Waals surface area contributed by atoms with Crippen LogP contribution in [0.4, 0.5) is 5.69 Å². The Balaban J connectivity index is 2.06. The predicted molar refractivity (Wildman–Crippen MR) is 84.2 cm³/mol. The highest BCUT2D eigenvalue weighted by Crippen LogP contribution is 2.26. The summed E-state index contributed by atoms with van der Waals surface area (Å²) in [5, 5.41) is 13.2. The van der Waals surface area contributed by atoms with Gasteiger partial charge in [0.1, 0.15) is 0 Å². The Labute approximate surface area is 130 Å². The van der Waals surface area contributed by atoms with Crippen LogP contribution < -0.4 is 0 Å². The van der Waals surface area contributed by atoms with Crippen LogP contribution in [0.5, 0.6) is 0 Å². The molecule has 0 atom stereocenters. The first-order valence-corrected chi connectivity index (χ1v) is 6.97. The van der Waals surface area contributed by atoms with E-state index in [1.54, 1.807) is 12.1 Å². The first-order chi connectivity index (χ1) is 10.0. The first kappa shape index (κ1) is 13.9. The van der Waals surface area contributed by atoms with Gasteiger partial charge >= 0.3 is 0 Å². The Morgan fingerprint density at radius 3 is 2.52 bits per heavy atom. The maximum absolute atomic E-state index is 11.1. The number of nitro benzene ring substituents is 1. The van der Waals surface area contributed by atoms with E-state index in [9.17, 15) is 10.1 Å². The van der Waals surface area contributed by atoms with E-state index in [-0.39, 0.29) is 5.69 Å². The molecule has 1 aromatic heterocycles. The number of halogens is 2. The molecule has 21 heavy (non-hydrogen) atoms. The lowest BCUT2D eigenvalue weighted by atomic mass is 10.1. The first-order valence-electron chi connectivity index (χ1n) is 6.22. The zero-order valence-corrected chi connectivity index (χ0v) is 12.3. The maximum atomic E-state index is 11.1. The van der Waals surface area contributed by atoms with Gasteiger partial charge in [-0.25, -0.2) is 0 Å². The summed E-state index contributed by atoms with van der Waals surface area (Å²) in [7, 11) is 0. The summed E-state index contributed by atoms with van der Waals surface area (Å²) in [4.78, 5) is 10.7. The molecule has 0 bridgehead atoms. The summed E-state index contributed by atoms with van der Waals surface area (Å²) < 4.78 is 1.93. The third kappa shape index (κ3) is 2.73. The lowest BCUT2D eigenvalue weighted by molar-refractivity contribution is -0.385. The molecule has 0 saturated heterocycles. The molecule has 0 unspecified atom stereocenters. The van der Waals surface area contributed by atoms with E-state index in [0.29, 0.717) is 22.2 Å². The van der Waals surface area contributed by atoms with Crippen LogP contribution in [0.2, 0.25) is 10.0 Å². The lowest BCUT2D eigenvalue weighted by Gasteiger charge is -2.07. The van der Waals surface area contributed by atoms with Crippen LogP contribution >= 0.6 is 23.2 Å². The summed E-state index contributed by atoms with van der Waals surface area (Å²) in [6, 6.07) is 12.1. The molecule has 0 aliphatic rings. The largest absolute Gasteiger partial charge is 0.343 e. The molecule has 0 radical (unpaired) electrons. The Hall–Kier alpha value is -2.04. The van der Waals surface area contributed by atoms with Crippen molar-refractivity contribution < 1.29 is 4.92 Å². The van der Waals surface area contributed by atoms with E-state index in [2.05, 4.69) is 0 Å². The molecule has 0 aliphatic carbocycles. The van der Waals surface area contributed by atoms with Crippen molar-refractivity contribution in [2.24, 2.45) is 0 Å². The second-order valence-corrected chi connectivity index (χ2v) is 5.55. The van der Waals surface area contributed by atoms with Crippen molar-refractivity contribution in [1.29, 1.82) is 0 Å². The summed E-state index contributed by atoms with van der Waals surface area (Å²) in [6.45, 7) is 0.377. The van der Waals surface area contributed by atoms with Crippen LogP contribution in [0, 0.1) is 10.1 Å². The number of nitrogens with zero attached hydrogens (tertiary/aromatic N) is 2. The highest BCUT2D eigenvalue weighted by atomic mass is 35.5. The van der Waals surface area contributed by atoms with Crippen molar-refractivity contribution in [3.8, 4) is 0 Å². The number of rotatable bonds is 3. The summed E-state index contributed by atoms with van der Waals surface area (Å²) >= 11 is 11.9. The SMILES string of the molecule is O=[N+]([O-])c1ccc(Cl)cc1Cn1ccc2cc(Cl)ccc21. The Bertz CT molecular complexity index is 843. The summed E-state index contributed by atoms with van der Waals surface area (Å²) in [5.41, 5.74) is 1.60. The topological polar surface area (TPSA) is 48.1 Å². The minimum atomic E-state index is -0.395. The molecule has 3 aromatic rings. The standard InChI is InChI=1S/C15H10Cl2N2O2/c16-12-1-3-14-10(7-12)5-6-18(14)9-11-8-13(17)2-4-15(11)19(20)21/h1-8H,9H2. The highest BCUT2D eigenvalue weighted by molar-refractivity contribution is 6.31. The number of aromatic nitrogens is 1. The van der Waals surface area contributed by atoms with Gasteiger partial charge in [-0.15, -0.1) is 0 Å². The number of fused-ring (bicyclic) bond motifs is 1. The molecule has 2 aromatic carbocycles. The van der Waals surface area contributed by atoms with Crippen LogP contribution in [0.25, 0.3) is 10.9 Å². The van der Waals surface area contributed by atoms with E-state index >= 15 is 0 Å². The van der Waals surface area contributed by atoms with Gasteiger partial charge in [-0.1, -0.05) is 23.2 Å². The van der Waals surface area contributed by atoms with E-state index < -0.39 is 4.92 Å². The van der Waals surface area contributed by atoms with E-state index in [1.807, 2.05) is 29.0 Å². The number of nitro groups is 1. The fraction of sp³-hybridized carbons (Fsp3) is 0.0667. The van der Waals surface area contributed by atoms with E-state index in [0.717, 1.165) is 10.9 Å². The second kappa shape index (κ2) is 5.39. The smallest absolute Gasteiger partial charge is 0.274 e. The predicted octanol–water partition coefficient (Wildman–Crippen LogP) is 4.90. The molecule has 0 amide bonds. The minimum Gasteiger partial charge on any atom is -0.343 e. The van der Waals surface area contributed by atoms with Crippen LogP contribution in [-0.4, -0.2) is 9.49 Å². The van der Waals surface area contributed by atoms with Gasteiger partial charge in [0.25, 0.3) is 5.69 Å². The molecule has 1 heterocycles. The molecule has 0 spiro atoms. The van der Waals surface area contributed by atoms with E-state index in [1.165, 1.54) is 12.1 Å². The molecular weight excluding hydrogens is 311 g/mol. The lowest BCUT2D eigenvalue weighted by Crippen LogP contribution is -2.02. The quantitative estimate of drug-likeness (QED) is 0.508. The van der Waals surface area contributed by atoms with Crippen molar-refractivity contribution in [3.63, 3.8) is 0 Å². The van der Waals surface area contributed by atoms with Crippen molar-refractivity contribution in [1.82, 2.24) is 4.57 Å². The fourth-order valence-electron chi connectivity index (χ4n) is 2.35. The molecule has 0 aliphatic heterocycles. The van der Waals surface area contributed by atoms with Gasteiger partial charge in [0, 0.05) is 33.2 Å². The zero-order valence-electron chi connectivity index (χ0n) is 10.8.